The first-order valence-corrected chi connectivity index (χ1v) is 8.05. The average Bonchev–Trinajstić information content (AvgIpc) is 2.89. The van der Waals surface area contributed by atoms with Crippen LogP contribution in [0.25, 0.3) is 0 Å². The van der Waals surface area contributed by atoms with Crippen molar-refractivity contribution in [3.63, 3.8) is 0 Å². The van der Waals surface area contributed by atoms with Crippen LogP contribution in [0.4, 0.5) is 0 Å². The van der Waals surface area contributed by atoms with Gasteiger partial charge in [-0.15, -0.1) is 0 Å². The Hall–Kier alpha value is -0.860. The Morgan fingerprint density at radius 2 is 1.95 bits per heavy atom. The molecule has 1 aliphatic rings. The predicted molar refractivity (Wildman–Crippen MR) is 87.2 cm³/mol. The van der Waals surface area contributed by atoms with Crippen molar-refractivity contribution in [2.45, 2.75) is 57.5 Å². The highest BCUT2D eigenvalue weighted by Gasteiger charge is 2.42. The average molecular weight is 274 g/mol. The van der Waals surface area contributed by atoms with Crippen molar-refractivity contribution < 1.29 is 0 Å². The van der Waals surface area contributed by atoms with E-state index in [9.17, 15) is 0 Å². The van der Waals surface area contributed by atoms with Crippen LogP contribution < -0.4 is 5.32 Å². The molecule has 2 nitrogen and oxygen atoms in total. The molecule has 1 N–H and O–H groups in total. The van der Waals surface area contributed by atoms with Gasteiger partial charge in [0.15, 0.2) is 0 Å². The summed E-state index contributed by atoms with van der Waals surface area (Å²) in [5.74, 6) is 0. The highest BCUT2D eigenvalue weighted by atomic mass is 15.2. The van der Waals surface area contributed by atoms with Gasteiger partial charge >= 0.3 is 0 Å². The molecule has 0 bridgehead atoms. The smallest absolute Gasteiger partial charge is 0.0359 e. The van der Waals surface area contributed by atoms with E-state index in [0.29, 0.717) is 11.6 Å². The fourth-order valence-electron chi connectivity index (χ4n) is 3.87. The van der Waals surface area contributed by atoms with Gasteiger partial charge in [0.05, 0.1) is 0 Å². The summed E-state index contributed by atoms with van der Waals surface area (Å²) in [6.45, 7) is 5.46. The number of benzene rings is 1. The van der Waals surface area contributed by atoms with Crippen LogP contribution in [0.5, 0.6) is 0 Å². The molecule has 1 aromatic rings. The van der Waals surface area contributed by atoms with Crippen LogP contribution in [0.15, 0.2) is 24.3 Å². The topological polar surface area (TPSA) is 15.3 Å². The largest absolute Gasteiger partial charge is 0.312 e. The minimum absolute atomic E-state index is 0.333. The normalized spacial score (nSPS) is 19.4. The van der Waals surface area contributed by atoms with E-state index in [4.69, 9.17) is 0 Å². The van der Waals surface area contributed by atoms with Crippen LogP contribution in [0, 0.1) is 6.92 Å². The Balaban J connectivity index is 2.21. The molecule has 1 saturated carbocycles. The standard InChI is InChI=1S/C18H30N2/c1-5-19-17(14-16-10-8-9-15(2)13-16)18(20(3)4)11-6-7-12-18/h8-10,13,17,19H,5-7,11-12,14H2,1-4H3. The third-order valence-corrected chi connectivity index (χ3v) is 4.98. The molecule has 2 heteroatoms. The lowest BCUT2D eigenvalue weighted by atomic mass is 9.83. The lowest BCUT2D eigenvalue weighted by Crippen LogP contribution is -2.58. The molecular weight excluding hydrogens is 244 g/mol. The van der Waals surface area contributed by atoms with Crippen LogP contribution in [0.3, 0.4) is 0 Å². The molecule has 20 heavy (non-hydrogen) atoms. The second-order valence-electron chi connectivity index (χ2n) is 6.51. The summed E-state index contributed by atoms with van der Waals surface area (Å²) in [6, 6.07) is 9.53. The molecule has 0 aromatic heterocycles. The Labute approximate surface area is 124 Å². The first-order valence-electron chi connectivity index (χ1n) is 8.05. The monoisotopic (exact) mass is 274 g/mol. The second-order valence-corrected chi connectivity index (χ2v) is 6.51. The van der Waals surface area contributed by atoms with E-state index in [0.717, 1.165) is 13.0 Å². The van der Waals surface area contributed by atoms with Gasteiger partial charge in [0, 0.05) is 11.6 Å². The van der Waals surface area contributed by atoms with Gasteiger partial charge in [0.2, 0.25) is 0 Å². The maximum absolute atomic E-state index is 3.77. The number of nitrogens with one attached hydrogen (secondary N) is 1. The highest BCUT2D eigenvalue weighted by molar-refractivity contribution is 5.24. The predicted octanol–water partition coefficient (Wildman–Crippen LogP) is 3.39. The maximum atomic E-state index is 3.77. The number of hydrogen-bond acceptors (Lipinski definition) is 2. The Morgan fingerprint density at radius 1 is 1.25 bits per heavy atom. The second kappa shape index (κ2) is 6.73. The molecule has 0 amide bonds. The van der Waals surface area contributed by atoms with Crippen LogP contribution >= 0.6 is 0 Å². The quantitative estimate of drug-likeness (QED) is 0.855. The summed E-state index contributed by atoms with van der Waals surface area (Å²) in [5, 5.41) is 3.77. The molecule has 0 aliphatic heterocycles. The Kier molecular flexibility index (Phi) is 5.22. The summed E-state index contributed by atoms with van der Waals surface area (Å²) < 4.78 is 0. The Morgan fingerprint density at radius 3 is 2.50 bits per heavy atom. The number of aryl methyl sites for hydroxylation is 1. The fraction of sp³-hybridized carbons (Fsp3) is 0.667. The molecule has 2 rings (SSSR count). The summed E-state index contributed by atoms with van der Waals surface area (Å²) in [4.78, 5) is 2.48. The van der Waals surface area contributed by atoms with Gasteiger partial charge in [-0.05, 0) is 52.4 Å². The summed E-state index contributed by atoms with van der Waals surface area (Å²) in [5.41, 5.74) is 3.16. The van der Waals surface area contributed by atoms with Crippen molar-refractivity contribution >= 4 is 0 Å². The van der Waals surface area contributed by atoms with Gasteiger partial charge in [0.1, 0.15) is 0 Å². The van der Waals surface area contributed by atoms with E-state index in [1.165, 1.54) is 36.8 Å². The van der Waals surface area contributed by atoms with E-state index in [1.807, 2.05) is 0 Å². The van der Waals surface area contributed by atoms with Gasteiger partial charge in [-0.2, -0.15) is 0 Å². The van der Waals surface area contributed by atoms with Crippen LogP contribution in [-0.2, 0) is 6.42 Å². The van der Waals surface area contributed by atoms with E-state index < -0.39 is 0 Å². The molecule has 1 unspecified atom stereocenters. The van der Waals surface area contributed by atoms with E-state index in [-0.39, 0.29) is 0 Å². The summed E-state index contributed by atoms with van der Waals surface area (Å²) >= 11 is 0. The van der Waals surface area contributed by atoms with E-state index in [1.54, 1.807) is 0 Å². The summed E-state index contributed by atoms with van der Waals surface area (Å²) in [6.07, 6.45) is 6.52. The first kappa shape index (κ1) is 15.5. The molecule has 112 valence electrons. The lowest BCUT2D eigenvalue weighted by molar-refractivity contribution is 0.105. The van der Waals surface area contributed by atoms with Crippen molar-refractivity contribution in [3.8, 4) is 0 Å². The molecule has 0 saturated heterocycles. The molecule has 0 radical (unpaired) electrons. The SMILES string of the molecule is CCNC(Cc1cccc(C)c1)C1(N(C)C)CCCC1. The number of nitrogens with zero attached hydrogens (tertiary/aromatic N) is 1. The summed E-state index contributed by atoms with van der Waals surface area (Å²) in [7, 11) is 4.51. The van der Waals surface area contributed by atoms with E-state index in [2.05, 4.69) is 62.4 Å². The molecule has 1 aromatic carbocycles. The van der Waals surface area contributed by atoms with Crippen molar-refractivity contribution in [2.24, 2.45) is 0 Å². The van der Waals surface area contributed by atoms with Gasteiger partial charge in [-0.25, -0.2) is 0 Å². The molecule has 0 heterocycles. The first-order chi connectivity index (χ1) is 9.58. The maximum Gasteiger partial charge on any atom is 0.0359 e. The number of rotatable bonds is 6. The fourth-order valence-corrected chi connectivity index (χ4v) is 3.87. The molecule has 1 fully saturated rings. The van der Waals surface area contributed by atoms with Crippen LogP contribution in [0.1, 0.15) is 43.7 Å². The molecule has 1 aliphatic carbocycles. The van der Waals surface area contributed by atoms with Gasteiger partial charge in [-0.1, -0.05) is 49.6 Å². The van der Waals surface area contributed by atoms with Crippen LogP contribution in [0.2, 0.25) is 0 Å². The minimum atomic E-state index is 0.333. The molecule has 0 spiro atoms. The zero-order valence-corrected chi connectivity index (χ0v) is 13.6. The lowest BCUT2D eigenvalue weighted by Gasteiger charge is -2.44. The third kappa shape index (κ3) is 3.24. The number of hydrogen-bond donors (Lipinski definition) is 1. The highest BCUT2D eigenvalue weighted by Crippen LogP contribution is 2.37. The zero-order chi connectivity index (χ0) is 14.6. The van der Waals surface area contributed by atoms with E-state index >= 15 is 0 Å². The minimum Gasteiger partial charge on any atom is -0.312 e. The van der Waals surface area contributed by atoms with Crippen molar-refractivity contribution in [3.05, 3.63) is 35.4 Å². The van der Waals surface area contributed by atoms with Crippen LogP contribution in [-0.4, -0.2) is 37.1 Å². The van der Waals surface area contributed by atoms with Gasteiger partial charge in [-0.3, -0.25) is 0 Å². The number of likely N-dealkylation sites (N-methyl/N-ethyl adjacent to an activating group) is 2. The third-order valence-electron chi connectivity index (χ3n) is 4.98. The molecular formula is C18H30N2. The zero-order valence-electron chi connectivity index (χ0n) is 13.6. The van der Waals surface area contributed by atoms with Gasteiger partial charge < -0.3 is 10.2 Å². The van der Waals surface area contributed by atoms with Crippen molar-refractivity contribution in [1.29, 1.82) is 0 Å². The van der Waals surface area contributed by atoms with Crippen molar-refractivity contribution in [2.75, 3.05) is 20.6 Å². The van der Waals surface area contributed by atoms with Gasteiger partial charge in [0.25, 0.3) is 0 Å². The molecule has 1 atom stereocenters. The van der Waals surface area contributed by atoms with Crippen molar-refractivity contribution in [1.82, 2.24) is 10.2 Å². The Bertz CT molecular complexity index is 419.